The largest absolute Gasteiger partial charge is 0.481 e. The quantitative estimate of drug-likeness (QED) is 0.591. The molecule has 1 saturated heterocycles. The van der Waals surface area contributed by atoms with Gasteiger partial charge in [0.25, 0.3) is 17.8 Å². The summed E-state index contributed by atoms with van der Waals surface area (Å²) in [6, 6.07) is 3.89. The number of anilines is 1. The number of aromatic nitrogens is 1. The number of rotatable bonds is 3. The van der Waals surface area contributed by atoms with Gasteiger partial charge in [0.1, 0.15) is 11.5 Å². The Labute approximate surface area is 193 Å². The van der Waals surface area contributed by atoms with Gasteiger partial charge in [-0.15, -0.1) is 0 Å². The van der Waals surface area contributed by atoms with E-state index in [4.69, 9.17) is 19.8 Å². The van der Waals surface area contributed by atoms with Gasteiger partial charge in [-0.05, 0) is 45.0 Å². The standard InChI is InChI=1S/C18H26N4O3.2C2H4O2/c1-20(2)14-6-4-13(18(24)25)10-22(11-14)17(23)15-7-5-12-8-9-21(3)16(12)19-15;2*1-2(3)4/h5,7,13-14H,4,6,8-11H2,1-3H3,(H,24,25);2*1H3,(H,3,4)/t13-,14+;;/m0../s1. The zero-order chi connectivity index (χ0) is 25.3. The minimum Gasteiger partial charge on any atom is -0.481 e. The van der Waals surface area contributed by atoms with Crippen molar-refractivity contribution in [1.82, 2.24) is 14.8 Å². The number of likely N-dealkylation sites (N-methyl/N-ethyl adjacent to an activating group) is 2. The summed E-state index contributed by atoms with van der Waals surface area (Å²) in [5.74, 6) is -2.34. The van der Waals surface area contributed by atoms with Crippen molar-refractivity contribution in [2.75, 3.05) is 45.7 Å². The smallest absolute Gasteiger partial charge is 0.308 e. The van der Waals surface area contributed by atoms with E-state index in [1.807, 2.05) is 27.2 Å². The highest BCUT2D eigenvalue weighted by molar-refractivity contribution is 5.93. The van der Waals surface area contributed by atoms with Crippen molar-refractivity contribution in [2.45, 2.75) is 39.2 Å². The maximum Gasteiger partial charge on any atom is 0.308 e. The van der Waals surface area contributed by atoms with Crippen LogP contribution in [0.1, 0.15) is 42.7 Å². The Balaban J connectivity index is 0.000000591. The highest BCUT2D eigenvalue weighted by atomic mass is 16.4. The number of carbonyl (C=O) groups is 4. The molecule has 1 aromatic heterocycles. The van der Waals surface area contributed by atoms with Crippen LogP contribution in [0.25, 0.3) is 0 Å². The molecule has 2 aliphatic heterocycles. The zero-order valence-electron chi connectivity index (χ0n) is 19.8. The number of carbonyl (C=O) groups excluding carboxylic acids is 1. The second-order valence-electron chi connectivity index (χ2n) is 8.33. The molecule has 2 aliphatic rings. The summed E-state index contributed by atoms with van der Waals surface area (Å²) in [4.78, 5) is 52.9. The van der Waals surface area contributed by atoms with Crippen LogP contribution in [-0.4, -0.2) is 101 Å². The SMILES string of the molecule is CC(=O)O.CC(=O)O.CN1CCc2ccc(C(=O)N3C[C@@H](C(=O)O)CC[C@@H](N(C)C)C3)nc21. The molecule has 184 valence electrons. The lowest BCUT2D eigenvalue weighted by Crippen LogP contribution is -2.43. The van der Waals surface area contributed by atoms with Crippen LogP contribution in [0, 0.1) is 5.92 Å². The van der Waals surface area contributed by atoms with Crippen molar-refractivity contribution in [3.05, 3.63) is 23.4 Å². The van der Waals surface area contributed by atoms with Gasteiger partial charge in [-0.3, -0.25) is 19.2 Å². The van der Waals surface area contributed by atoms with E-state index in [-0.39, 0.29) is 18.5 Å². The molecule has 0 spiro atoms. The monoisotopic (exact) mass is 466 g/mol. The summed E-state index contributed by atoms with van der Waals surface area (Å²) >= 11 is 0. The normalized spacial score (nSPS) is 19.3. The van der Waals surface area contributed by atoms with Crippen LogP contribution in [0.15, 0.2) is 12.1 Å². The molecule has 1 amide bonds. The van der Waals surface area contributed by atoms with Gasteiger partial charge in [-0.1, -0.05) is 6.07 Å². The Morgan fingerprint density at radius 1 is 1.00 bits per heavy atom. The fourth-order valence-corrected chi connectivity index (χ4v) is 3.64. The highest BCUT2D eigenvalue weighted by Gasteiger charge is 2.32. The van der Waals surface area contributed by atoms with Crippen LogP contribution in [0.3, 0.4) is 0 Å². The number of fused-ring (bicyclic) bond motifs is 1. The molecule has 11 nitrogen and oxygen atoms in total. The first kappa shape index (κ1) is 27.8. The summed E-state index contributed by atoms with van der Waals surface area (Å²) in [6.07, 6.45) is 2.30. The fraction of sp³-hybridized carbons (Fsp3) is 0.591. The number of likely N-dealkylation sites (tertiary alicyclic amines) is 1. The van der Waals surface area contributed by atoms with E-state index < -0.39 is 23.8 Å². The lowest BCUT2D eigenvalue weighted by atomic mass is 10.0. The van der Waals surface area contributed by atoms with Gasteiger partial charge in [-0.2, -0.15) is 0 Å². The Hall–Kier alpha value is -3.21. The Kier molecular flexibility index (Phi) is 10.7. The lowest BCUT2D eigenvalue weighted by molar-refractivity contribution is -0.142. The third-order valence-corrected chi connectivity index (χ3v) is 5.34. The number of nitrogens with zero attached hydrogens (tertiary/aromatic N) is 4. The van der Waals surface area contributed by atoms with E-state index in [0.717, 1.165) is 44.6 Å². The first-order valence-corrected chi connectivity index (χ1v) is 10.6. The lowest BCUT2D eigenvalue weighted by Gasteiger charge is -2.28. The third kappa shape index (κ3) is 9.05. The Bertz CT molecular complexity index is 839. The Morgan fingerprint density at radius 2 is 1.58 bits per heavy atom. The topological polar surface area (TPSA) is 152 Å². The summed E-state index contributed by atoms with van der Waals surface area (Å²) in [6.45, 7) is 3.85. The van der Waals surface area contributed by atoms with Crippen LogP contribution in [0.5, 0.6) is 0 Å². The molecule has 3 heterocycles. The molecule has 0 unspecified atom stereocenters. The molecule has 0 saturated carbocycles. The molecule has 2 atom stereocenters. The van der Waals surface area contributed by atoms with Crippen LogP contribution in [0.4, 0.5) is 5.82 Å². The second-order valence-corrected chi connectivity index (χ2v) is 8.33. The van der Waals surface area contributed by atoms with E-state index in [0.29, 0.717) is 18.7 Å². The molecule has 11 heteroatoms. The van der Waals surface area contributed by atoms with Crippen molar-refractivity contribution in [2.24, 2.45) is 5.92 Å². The van der Waals surface area contributed by atoms with E-state index in [2.05, 4.69) is 14.8 Å². The molecule has 0 aromatic carbocycles. The first-order valence-electron chi connectivity index (χ1n) is 10.6. The molecule has 1 aromatic rings. The number of pyridine rings is 1. The molecule has 1 fully saturated rings. The van der Waals surface area contributed by atoms with Gasteiger partial charge in [0.2, 0.25) is 0 Å². The van der Waals surface area contributed by atoms with Gasteiger partial charge in [-0.25, -0.2) is 4.98 Å². The molecular weight excluding hydrogens is 432 g/mol. The van der Waals surface area contributed by atoms with E-state index in [9.17, 15) is 14.7 Å². The highest BCUT2D eigenvalue weighted by Crippen LogP contribution is 2.26. The molecule has 0 radical (unpaired) electrons. The number of carboxylic acid groups (broad SMARTS) is 3. The van der Waals surface area contributed by atoms with Crippen molar-refractivity contribution < 1.29 is 34.5 Å². The maximum absolute atomic E-state index is 13.0. The zero-order valence-corrected chi connectivity index (χ0v) is 19.8. The van der Waals surface area contributed by atoms with Crippen LogP contribution in [0.2, 0.25) is 0 Å². The average molecular weight is 467 g/mol. The molecule has 33 heavy (non-hydrogen) atoms. The molecule has 3 N–H and O–H groups in total. The Morgan fingerprint density at radius 3 is 2.09 bits per heavy atom. The van der Waals surface area contributed by atoms with Gasteiger partial charge in [0.05, 0.1) is 5.92 Å². The molecule has 0 bridgehead atoms. The number of hydrogen-bond donors (Lipinski definition) is 3. The van der Waals surface area contributed by atoms with Gasteiger partial charge in [0.15, 0.2) is 0 Å². The summed E-state index contributed by atoms with van der Waals surface area (Å²) in [5.41, 5.74) is 1.56. The predicted octanol–water partition coefficient (Wildman–Crippen LogP) is 1.12. The van der Waals surface area contributed by atoms with Crippen LogP contribution >= 0.6 is 0 Å². The average Bonchev–Trinajstić information content (AvgIpc) is 2.93. The molecule has 3 rings (SSSR count). The van der Waals surface area contributed by atoms with E-state index in [1.165, 1.54) is 0 Å². The maximum atomic E-state index is 13.0. The van der Waals surface area contributed by atoms with Crippen molar-refractivity contribution in [1.29, 1.82) is 0 Å². The van der Waals surface area contributed by atoms with Gasteiger partial charge in [0, 0.05) is 46.6 Å². The predicted molar refractivity (Wildman–Crippen MR) is 122 cm³/mol. The molecular formula is C22H34N4O7. The third-order valence-electron chi connectivity index (χ3n) is 5.34. The summed E-state index contributed by atoms with van der Waals surface area (Å²) < 4.78 is 0. The van der Waals surface area contributed by atoms with Crippen molar-refractivity contribution >= 4 is 29.6 Å². The van der Waals surface area contributed by atoms with Crippen LogP contribution in [-0.2, 0) is 20.8 Å². The number of amides is 1. The van der Waals surface area contributed by atoms with Gasteiger partial charge >= 0.3 is 5.97 Å². The van der Waals surface area contributed by atoms with Crippen molar-refractivity contribution in [3.63, 3.8) is 0 Å². The van der Waals surface area contributed by atoms with Gasteiger partial charge < -0.3 is 30.0 Å². The van der Waals surface area contributed by atoms with E-state index in [1.54, 1.807) is 11.0 Å². The fourth-order valence-electron chi connectivity index (χ4n) is 3.64. The number of carboxylic acids is 3. The minimum absolute atomic E-state index is 0.158. The molecule has 0 aliphatic carbocycles. The summed E-state index contributed by atoms with van der Waals surface area (Å²) in [7, 11) is 5.91. The van der Waals surface area contributed by atoms with Crippen molar-refractivity contribution in [3.8, 4) is 0 Å². The summed E-state index contributed by atoms with van der Waals surface area (Å²) in [5, 5.41) is 24.3. The van der Waals surface area contributed by atoms with E-state index >= 15 is 0 Å². The van der Waals surface area contributed by atoms with Crippen LogP contribution < -0.4 is 4.90 Å². The number of hydrogen-bond acceptors (Lipinski definition) is 7. The minimum atomic E-state index is -0.834. The second kappa shape index (κ2) is 12.7. The number of aliphatic carboxylic acids is 3. The first-order chi connectivity index (χ1) is 15.3.